The molecule has 0 fully saturated rings. The van der Waals surface area contributed by atoms with Crippen LogP contribution in [0.1, 0.15) is 22.8 Å². The molecule has 0 aliphatic rings. The number of aromatic nitrogens is 2. The number of carbonyl (C=O) groups is 1. The van der Waals surface area contributed by atoms with Gasteiger partial charge in [0.25, 0.3) is 0 Å². The van der Waals surface area contributed by atoms with E-state index in [1.165, 1.54) is 0 Å². The SMILES string of the molecule is CCn1c(SCc2ccc(C(N)=O)cc2)nc2ccccc21. The number of nitrogens with zero attached hydrogens (tertiary/aromatic N) is 2. The first-order valence-electron chi connectivity index (χ1n) is 7.16. The number of primary amides is 1. The van der Waals surface area contributed by atoms with Crippen molar-refractivity contribution in [3.05, 3.63) is 59.7 Å². The molecule has 5 heteroatoms. The first kappa shape index (κ1) is 14.7. The Morgan fingerprint density at radius 3 is 2.59 bits per heavy atom. The first-order chi connectivity index (χ1) is 10.7. The highest BCUT2D eigenvalue weighted by Crippen LogP contribution is 2.26. The van der Waals surface area contributed by atoms with Crippen LogP contribution in [0, 0.1) is 0 Å². The molecule has 0 spiro atoms. The topological polar surface area (TPSA) is 60.9 Å². The van der Waals surface area contributed by atoms with Crippen LogP contribution in [0.4, 0.5) is 0 Å². The lowest BCUT2D eigenvalue weighted by Crippen LogP contribution is -2.10. The van der Waals surface area contributed by atoms with Crippen LogP contribution in [-0.2, 0) is 12.3 Å². The molecule has 3 aromatic rings. The monoisotopic (exact) mass is 311 g/mol. The second kappa shape index (κ2) is 6.23. The maximum atomic E-state index is 11.1. The van der Waals surface area contributed by atoms with Gasteiger partial charge in [-0.05, 0) is 36.8 Å². The third-order valence-electron chi connectivity index (χ3n) is 3.54. The third kappa shape index (κ3) is 2.85. The Morgan fingerprint density at radius 2 is 1.91 bits per heavy atom. The number of hydrogen-bond acceptors (Lipinski definition) is 3. The second-order valence-electron chi connectivity index (χ2n) is 4.98. The van der Waals surface area contributed by atoms with Gasteiger partial charge in [0.15, 0.2) is 5.16 Å². The minimum atomic E-state index is -0.396. The highest BCUT2D eigenvalue weighted by atomic mass is 32.2. The van der Waals surface area contributed by atoms with Crippen LogP contribution in [-0.4, -0.2) is 15.5 Å². The zero-order chi connectivity index (χ0) is 15.5. The summed E-state index contributed by atoms with van der Waals surface area (Å²) in [5, 5.41) is 1.02. The molecule has 0 bridgehead atoms. The molecular formula is C17H17N3OS. The van der Waals surface area contributed by atoms with E-state index in [4.69, 9.17) is 10.7 Å². The fourth-order valence-corrected chi connectivity index (χ4v) is 3.42. The molecule has 22 heavy (non-hydrogen) atoms. The number of rotatable bonds is 5. The highest BCUT2D eigenvalue weighted by Gasteiger charge is 2.09. The van der Waals surface area contributed by atoms with Crippen molar-refractivity contribution in [3.63, 3.8) is 0 Å². The number of hydrogen-bond donors (Lipinski definition) is 1. The summed E-state index contributed by atoms with van der Waals surface area (Å²) < 4.78 is 2.22. The molecule has 0 aliphatic heterocycles. The molecule has 0 saturated carbocycles. The van der Waals surface area contributed by atoms with Crippen molar-refractivity contribution in [3.8, 4) is 0 Å². The molecular weight excluding hydrogens is 294 g/mol. The van der Waals surface area contributed by atoms with E-state index >= 15 is 0 Å². The maximum Gasteiger partial charge on any atom is 0.248 e. The second-order valence-corrected chi connectivity index (χ2v) is 5.92. The average Bonchev–Trinajstić information content (AvgIpc) is 2.90. The Kier molecular flexibility index (Phi) is 4.15. The molecule has 112 valence electrons. The summed E-state index contributed by atoms with van der Waals surface area (Å²) in [6.07, 6.45) is 0. The van der Waals surface area contributed by atoms with Gasteiger partial charge in [0, 0.05) is 17.9 Å². The van der Waals surface area contributed by atoms with Crippen LogP contribution in [0.15, 0.2) is 53.7 Å². The number of carbonyl (C=O) groups excluding carboxylic acids is 1. The van der Waals surface area contributed by atoms with E-state index in [0.717, 1.165) is 34.1 Å². The Bertz CT molecular complexity index is 808. The number of thioether (sulfide) groups is 1. The van der Waals surface area contributed by atoms with Crippen molar-refractivity contribution >= 4 is 28.7 Å². The summed E-state index contributed by atoms with van der Waals surface area (Å²) in [5.74, 6) is 0.412. The summed E-state index contributed by atoms with van der Waals surface area (Å²) in [5.41, 5.74) is 9.12. The largest absolute Gasteiger partial charge is 0.366 e. The lowest BCUT2D eigenvalue weighted by molar-refractivity contribution is 0.100. The molecule has 2 N–H and O–H groups in total. The number of aryl methyl sites for hydroxylation is 1. The van der Waals surface area contributed by atoms with Crippen LogP contribution in [0.25, 0.3) is 11.0 Å². The molecule has 0 saturated heterocycles. The van der Waals surface area contributed by atoms with E-state index < -0.39 is 5.91 Å². The van der Waals surface area contributed by atoms with Gasteiger partial charge in [-0.15, -0.1) is 0 Å². The predicted octanol–water partition coefficient (Wildman–Crippen LogP) is 3.45. The Hall–Kier alpha value is -2.27. The first-order valence-corrected chi connectivity index (χ1v) is 8.14. The summed E-state index contributed by atoms with van der Waals surface area (Å²) in [6, 6.07) is 15.6. The normalized spacial score (nSPS) is 11.0. The van der Waals surface area contributed by atoms with Crippen molar-refractivity contribution in [1.82, 2.24) is 9.55 Å². The van der Waals surface area contributed by atoms with Crippen molar-refractivity contribution < 1.29 is 4.79 Å². The van der Waals surface area contributed by atoms with Gasteiger partial charge >= 0.3 is 0 Å². The number of amides is 1. The number of imidazole rings is 1. The molecule has 1 heterocycles. The van der Waals surface area contributed by atoms with Crippen molar-refractivity contribution in [2.45, 2.75) is 24.4 Å². The van der Waals surface area contributed by atoms with Gasteiger partial charge in [-0.1, -0.05) is 36.0 Å². The zero-order valence-electron chi connectivity index (χ0n) is 12.3. The minimum Gasteiger partial charge on any atom is -0.366 e. The fraction of sp³-hybridized carbons (Fsp3) is 0.176. The van der Waals surface area contributed by atoms with Crippen LogP contribution in [0.2, 0.25) is 0 Å². The molecule has 0 unspecified atom stereocenters. The maximum absolute atomic E-state index is 11.1. The number of para-hydroxylation sites is 2. The molecule has 1 aromatic heterocycles. The molecule has 1 amide bonds. The van der Waals surface area contributed by atoms with Crippen molar-refractivity contribution in [2.75, 3.05) is 0 Å². The quantitative estimate of drug-likeness (QED) is 0.734. The van der Waals surface area contributed by atoms with E-state index in [9.17, 15) is 4.79 Å². The third-order valence-corrected chi connectivity index (χ3v) is 4.59. The van der Waals surface area contributed by atoms with Gasteiger partial charge in [0.05, 0.1) is 11.0 Å². The van der Waals surface area contributed by atoms with Crippen LogP contribution in [0.3, 0.4) is 0 Å². The molecule has 3 rings (SSSR count). The van der Waals surface area contributed by atoms with Gasteiger partial charge in [-0.2, -0.15) is 0 Å². The summed E-state index contributed by atoms with van der Waals surface area (Å²) >= 11 is 1.70. The van der Waals surface area contributed by atoms with Crippen molar-refractivity contribution in [2.24, 2.45) is 5.73 Å². The number of benzene rings is 2. The summed E-state index contributed by atoms with van der Waals surface area (Å²) in [7, 11) is 0. The summed E-state index contributed by atoms with van der Waals surface area (Å²) in [4.78, 5) is 15.8. The Balaban J connectivity index is 1.80. The molecule has 4 nitrogen and oxygen atoms in total. The van der Waals surface area contributed by atoms with Gasteiger partial charge < -0.3 is 10.3 Å². The van der Waals surface area contributed by atoms with E-state index in [1.807, 2.05) is 30.3 Å². The van der Waals surface area contributed by atoms with E-state index in [1.54, 1.807) is 23.9 Å². The molecule has 2 aromatic carbocycles. The average molecular weight is 311 g/mol. The van der Waals surface area contributed by atoms with Crippen LogP contribution >= 0.6 is 11.8 Å². The van der Waals surface area contributed by atoms with Gasteiger partial charge in [0.2, 0.25) is 5.91 Å². The van der Waals surface area contributed by atoms with E-state index in [2.05, 4.69) is 17.6 Å². The lowest BCUT2D eigenvalue weighted by Gasteiger charge is -2.06. The fourth-order valence-electron chi connectivity index (χ4n) is 2.38. The lowest BCUT2D eigenvalue weighted by atomic mass is 10.1. The van der Waals surface area contributed by atoms with Gasteiger partial charge in [-0.25, -0.2) is 4.98 Å². The minimum absolute atomic E-state index is 0.396. The predicted molar refractivity (Wildman–Crippen MR) is 89.9 cm³/mol. The summed E-state index contributed by atoms with van der Waals surface area (Å²) in [6.45, 7) is 3.02. The standard InChI is InChI=1S/C17H17N3OS/c1-2-20-15-6-4-3-5-14(15)19-17(20)22-11-12-7-9-13(10-8-12)16(18)21/h3-10H,2,11H2,1H3,(H2,18,21). The van der Waals surface area contributed by atoms with E-state index in [0.29, 0.717) is 5.56 Å². The van der Waals surface area contributed by atoms with Crippen molar-refractivity contribution in [1.29, 1.82) is 0 Å². The molecule has 0 radical (unpaired) electrons. The molecule has 0 aliphatic carbocycles. The Morgan fingerprint density at radius 1 is 1.18 bits per heavy atom. The smallest absolute Gasteiger partial charge is 0.248 e. The van der Waals surface area contributed by atoms with Crippen LogP contribution < -0.4 is 5.73 Å². The van der Waals surface area contributed by atoms with Gasteiger partial charge in [-0.3, -0.25) is 4.79 Å². The number of nitrogens with two attached hydrogens (primary N) is 1. The van der Waals surface area contributed by atoms with E-state index in [-0.39, 0.29) is 0 Å². The van der Waals surface area contributed by atoms with Gasteiger partial charge in [0.1, 0.15) is 0 Å². The number of fused-ring (bicyclic) bond motifs is 1. The highest BCUT2D eigenvalue weighted by molar-refractivity contribution is 7.98. The zero-order valence-corrected chi connectivity index (χ0v) is 13.1. The Labute approximate surface area is 133 Å². The van der Waals surface area contributed by atoms with Crippen LogP contribution in [0.5, 0.6) is 0 Å². The molecule has 0 atom stereocenters.